The summed E-state index contributed by atoms with van der Waals surface area (Å²) in [5.74, 6) is 0.0366. The van der Waals surface area contributed by atoms with Gasteiger partial charge < -0.3 is 14.6 Å². The molecule has 0 spiro atoms. The van der Waals surface area contributed by atoms with Crippen molar-refractivity contribution in [1.29, 1.82) is 0 Å². The van der Waals surface area contributed by atoms with Crippen molar-refractivity contribution in [2.24, 2.45) is 0 Å². The van der Waals surface area contributed by atoms with E-state index in [4.69, 9.17) is 16.3 Å². The Morgan fingerprint density at radius 2 is 2.23 bits per heavy atom. The van der Waals surface area contributed by atoms with Gasteiger partial charge in [-0.05, 0) is 31.0 Å². The van der Waals surface area contributed by atoms with E-state index in [2.05, 4.69) is 19.9 Å². The minimum Gasteiger partial charge on any atom is -0.373 e. The molecule has 0 saturated carbocycles. The molecule has 0 radical (unpaired) electrons. The Balaban J connectivity index is 1.74. The van der Waals surface area contributed by atoms with Crippen LogP contribution in [0.4, 0.5) is 0 Å². The van der Waals surface area contributed by atoms with E-state index in [1.165, 1.54) is 0 Å². The summed E-state index contributed by atoms with van der Waals surface area (Å²) in [6.45, 7) is 4.25. The van der Waals surface area contributed by atoms with E-state index in [1.54, 1.807) is 24.4 Å². The average molecular weight is 372 g/mol. The molecule has 0 bridgehead atoms. The topological polar surface area (TPSA) is 84.0 Å². The number of carbonyl (C=O) groups excluding carboxylic acids is 1. The normalized spacial score (nSPS) is 19.6. The number of halogens is 1. The van der Waals surface area contributed by atoms with Crippen LogP contribution in [0.2, 0.25) is 5.02 Å². The van der Waals surface area contributed by atoms with Crippen LogP contribution in [-0.2, 0) is 4.74 Å². The number of H-pyrrole nitrogens is 1. The molecule has 4 rings (SSSR count). The molecule has 1 aliphatic heterocycles. The number of imidazole rings is 1. The van der Waals surface area contributed by atoms with E-state index in [1.807, 2.05) is 26.0 Å². The summed E-state index contributed by atoms with van der Waals surface area (Å²) in [6, 6.07) is 3.71. The molecule has 4 heterocycles. The summed E-state index contributed by atoms with van der Waals surface area (Å²) >= 11 is 6.11. The number of rotatable bonds is 2. The summed E-state index contributed by atoms with van der Waals surface area (Å²) in [5, 5.41) is 0.533. The molecule has 1 N–H and O–H groups in total. The summed E-state index contributed by atoms with van der Waals surface area (Å²) in [7, 11) is 1.62. The van der Waals surface area contributed by atoms with E-state index < -0.39 is 0 Å². The van der Waals surface area contributed by atoms with Gasteiger partial charge in [0, 0.05) is 19.5 Å². The molecule has 1 aliphatic rings. The lowest BCUT2D eigenvalue weighted by atomic mass is 9.96. The first-order valence-corrected chi connectivity index (χ1v) is 8.68. The number of ether oxygens (including phenoxy) is 1. The third-order valence-electron chi connectivity index (χ3n) is 4.92. The molecular formula is C18H18ClN5O2. The van der Waals surface area contributed by atoms with Crippen LogP contribution in [0.25, 0.3) is 11.2 Å². The van der Waals surface area contributed by atoms with Gasteiger partial charge in [0.2, 0.25) is 0 Å². The minimum atomic E-state index is -0.273. The Morgan fingerprint density at radius 3 is 3.00 bits per heavy atom. The second-order valence-electron chi connectivity index (χ2n) is 6.35. The summed E-state index contributed by atoms with van der Waals surface area (Å²) in [4.78, 5) is 30.9. The van der Waals surface area contributed by atoms with Crippen molar-refractivity contribution in [3.63, 3.8) is 0 Å². The second-order valence-corrected chi connectivity index (χ2v) is 6.76. The summed E-state index contributed by atoms with van der Waals surface area (Å²) < 4.78 is 5.56. The molecule has 2 atom stereocenters. The molecule has 7 nitrogen and oxygen atoms in total. The summed E-state index contributed by atoms with van der Waals surface area (Å²) in [6.07, 6.45) is 3.01. The highest BCUT2D eigenvalue weighted by molar-refractivity contribution is 6.31. The van der Waals surface area contributed by atoms with Gasteiger partial charge >= 0.3 is 0 Å². The van der Waals surface area contributed by atoms with Crippen molar-refractivity contribution in [2.45, 2.75) is 26.0 Å². The average Bonchev–Trinajstić information content (AvgIpc) is 3.10. The Labute approximate surface area is 155 Å². The zero-order chi connectivity index (χ0) is 18.4. The number of nitrogens with zero attached hydrogens (tertiary/aromatic N) is 4. The molecular weight excluding hydrogens is 354 g/mol. The number of aromatic nitrogens is 4. The number of hydrogen-bond acceptors (Lipinski definition) is 5. The fourth-order valence-corrected chi connectivity index (χ4v) is 3.52. The molecule has 8 heteroatoms. The molecule has 0 aliphatic carbocycles. The van der Waals surface area contributed by atoms with Crippen molar-refractivity contribution in [3.05, 3.63) is 52.2 Å². The highest BCUT2D eigenvalue weighted by Gasteiger charge is 2.35. The zero-order valence-electron chi connectivity index (χ0n) is 14.7. The molecule has 0 fully saturated rings. The van der Waals surface area contributed by atoms with Crippen LogP contribution in [0, 0.1) is 6.92 Å². The largest absolute Gasteiger partial charge is 0.373 e. The van der Waals surface area contributed by atoms with E-state index in [9.17, 15) is 4.79 Å². The lowest BCUT2D eigenvalue weighted by molar-refractivity contribution is 0.0253. The monoisotopic (exact) mass is 371 g/mol. The van der Waals surface area contributed by atoms with Crippen molar-refractivity contribution >= 4 is 28.7 Å². The van der Waals surface area contributed by atoms with Gasteiger partial charge in [0.25, 0.3) is 5.91 Å². The van der Waals surface area contributed by atoms with Gasteiger partial charge in [-0.2, -0.15) is 0 Å². The van der Waals surface area contributed by atoms with E-state index in [-0.39, 0.29) is 23.9 Å². The molecule has 134 valence electrons. The Kier molecular flexibility index (Phi) is 4.13. The van der Waals surface area contributed by atoms with Crippen LogP contribution in [-0.4, -0.2) is 44.4 Å². The second kappa shape index (κ2) is 6.34. The highest BCUT2D eigenvalue weighted by Crippen LogP contribution is 2.35. The Morgan fingerprint density at radius 1 is 1.42 bits per heavy atom. The first-order valence-electron chi connectivity index (χ1n) is 8.30. The number of hydrogen-bond donors (Lipinski definition) is 1. The number of nitrogens with one attached hydrogen (secondary N) is 1. The van der Waals surface area contributed by atoms with E-state index in [0.717, 1.165) is 16.8 Å². The van der Waals surface area contributed by atoms with Gasteiger partial charge in [-0.1, -0.05) is 17.7 Å². The predicted octanol–water partition coefficient (Wildman–Crippen LogP) is 3.22. The zero-order valence-corrected chi connectivity index (χ0v) is 15.4. The fraction of sp³-hybridized carbons (Fsp3) is 0.333. The minimum absolute atomic E-state index is 0.136. The maximum atomic E-state index is 13.1. The van der Waals surface area contributed by atoms with Crippen LogP contribution >= 0.6 is 11.6 Å². The van der Waals surface area contributed by atoms with Crippen molar-refractivity contribution < 1.29 is 9.53 Å². The lowest BCUT2D eigenvalue weighted by Gasteiger charge is -2.37. The standard InChI is InChI=1S/C18H18ClN5O2/c1-9-12(19)7-21-16-14(9)22-17(23-16)18(25)24-8-13(26-3)15-11(10(24)2)5-4-6-20-15/h4-7,10,13H,8H2,1-3H3,(H,21,22,23)/t10-,13+/m1/s1. The summed E-state index contributed by atoms with van der Waals surface area (Å²) in [5.41, 5.74) is 3.83. The lowest BCUT2D eigenvalue weighted by Crippen LogP contribution is -2.42. The van der Waals surface area contributed by atoms with Crippen LogP contribution in [0.1, 0.15) is 46.5 Å². The molecule has 26 heavy (non-hydrogen) atoms. The van der Waals surface area contributed by atoms with Crippen LogP contribution in [0.3, 0.4) is 0 Å². The fourth-order valence-electron chi connectivity index (χ4n) is 3.38. The molecule has 0 aromatic carbocycles. The quantitative estimate of drug-likeness (QED) is 0.747. The molecule has 3 aromatic rings. The maximum Gasteiger partial charge on any atom is 0.290 e. The smallest absolute Gasteiger partial charge is 0.290 e. The third kappa shape index (κ3) is 2.55. The van der Waals surface area contributed by atoms with Gasteiger partial charge in [-0.25, -0.2) is 9.97 Å². The van der Waals surface area contributed by atoms with Gasteiger partial charge in [-0.15, -0.1) is 0 Å². The predicted molar refractivity (Wildman–Crippen MR) is 97.1 cm³/mol. The molecule has 0 unspecified atom stereocenters. The number of amides is 1. The molecule has 1 amide bonds. The third-order valence-corrected chi connectivity index (χ3v) is 5.30. The van der Waals surface area contributed by atoms with Gasteiger partial charge in [0.1, 0.15) is 6.10 Å². The first kappa shape index (κ1) is 16.9. The maximum absolute atomic E-state index is 13.1. The number of aromatic amines is 1. The van der Waals surface area contributed by atoms with E-state index >= 15 is 0 Å². The molecule has 3 aromatic heterocycles. The van der Waals surface area contributed by atoms with Gasteiger partial charge in [0.05, 0.1) is 28.8 Å². The van der Waals surface area contributed by atoms with Crippen molar-refractivity contribution in [1.82, 2.24) is 24.8 Å². The Bertz CT molecular complexity index is 1000. The van der Waals surface area contributed by atoms with Crippen molar-refractivity contribution in [2.75, 3.05) is 13.7 Å². The van der Waals surface area contributed by atoms with E-state index in [0.29, 0.717) is 22.7 Å². The Hall–Kier alpha value is -2.51. The van der Waals surface area contributed by atoms with Crippen LogP contribution in [0.5, 0.6) is 0 Å². The SMILES string of the molecule is CO[C@H]1CN(C(=O)c2nc3ncc(Cl)c(C)c3[nH]2)[C@H](C)c2cccnc21. The molecule has 0 saturated heterocycles. The number of carbonyl (C=O) groups is 1. The van der Waals surface area contributed by atoms with Crippen LogP contribution < -0.4 is 0 Å². The highest BCUT2D eigenvalue weighted by atomic mass is 35.5. The number of fused-ring (bicyclic) bond motifs is 2. The number of methoxy groups -OCH3 is 1. The van der Waals surface area contributed by atoms with Crippen LogP contribution in [0.15, 0.2) is 24.5 Å². The first-order chi connectivity index (χ1) is 12.5. The number of aryl methyl sites for hydroxylation is 1. The van der Waals surface area contributed by atoms with Gasteiger partial charge in [0.15, 0.2) is 11.5 Å². The van der Waals surface area contributed by atoms with Crippen molar-refractivity contribution in [3.8, 4) is 0 Å². The van der Waals surface area contributed by atoms with Gasteiger partial charge in [-0.3, -0.25) is 9.78 Å². The number of pyridine rings is 2.